The van der Waals surface area contributed by atoms with E-state index in [2.05, 4.69) is 15.5 Å². The maximum absolute atomic E-state index is 12.0. The summed E-state index contributed by atoms with van der Waals surface area (Å²) in [6.07, 6.45) is 2.63. The molecule has 0 saturated heterocycles. The van der Waals surface area contributed by atoms with Crippen LogP contribution in [0.3, 0.4) is 0 Å². The van der Waals surface area contributed by atoms with Crippen molar-refractivity contribution in [3.8, 4) is 5.75 Å². The number of hydrogen-bond donors (Lipinski definition) is 1. The number of fused-ring (bicyclic) bond motifs is 1. The molecule has 0 fully saturated rings. The number of aromatic nitrogens is 1. The number of rotatable bonds is 5. The van der Waals surface area contributed by atoms with Gasteiger partial charge in [0.25, 0.3) is 5.91 Å². The Morgan fingerprint density at radius 3 is 3.00 bits per heavy atom. The summed E-state index contributed by atoms with van der Waals surface area (Å²) in [7, 11) is 0. The van der Waals surface area contributed by atoms with Crippen LogP contribution in [0.2, 0.25) is 0 Å². The van der Waals surface area contributed by atoms with E-state index in [0.29, 0.717) is 5.75 Å². The summed E-state index contributed by atoms with van der Waals surface area (Å²) >= 11 is 1.55. The lowest BCUT2D eigenvalue weighted by Gasteiger charge is -2.14. The maximum Gasteiger partial charge on any atom is 0.280 e. The van der Waals surface area contributed by atoms with Crippen molar-refractivity contribution in [3.63, 3.8) is 0 Å². The highest BCUT2D eigenvalue weighted by Crippen LogP contribution is 2.23. The number of benzene rings is 1. The van der Waals surface area contributed by atoms with E-state index < -0.39 is 6.10 Å². The van der Waals surface area contributed by atoms with Crippen molar-refractivity contribution >= 4 is 34.4 Å². The molecule has 1 aromatic carbocycles. The van der Waals surface area contributed by atoms with Gasteiger partial charge in [0.05, 0.1) is 6.21 Å². The van der Waals surface area contributed by atoms with E-state index in [9.17, 15) is 4.79 Å². The molecule has 1 amide bonds. The Labute approximate surface area is 137 Å². The number of hydrazone groups is 1. The number of nitrogens with one attached hydrogen (secondary N) is 1. The smallest absolute Gasteiger partial charge is 0.280 e. The third-order valence-corrected chi connectivity index (χ3v) is 3.99. The quantitative estimate of drug-likeness (QED) is 0.579. The number of carbonyl (C=O) groups excluding carboxylic acids is 1. The lowest BCUT2D eigenvalue weighted by molar-refractivity contribution is -0.127. The predicted octanol–water partition coefficient (Wildman–Crippen LogP) is 3.21. The van der Waals surface area contributed by atoms with Crippen LogP contribution in [0.5, 0.6) is 5.75 Å². The van der Waals surface area contributed by atoms with Gasteiger partial charge in [0.1, 0.15) is 11.3 Å². The van der Waals surface area contributed by atoms with Crippen LogP contribution < -0.4 is 10.2 Å². The van der Waals surface area contributed by atoms with Crippen molar-refractivity contribution in [2.75, 3.05) is 0 Å². The zero-order chi connectivity index (χ0) is 16.1. The summed E-state index contributed by atoms with van der Waals surface area (Å²) < 4.78 is 5.73. The van der Waals surface area contributed by atoms with Crippen LogP contribution in [0.1, 0.15) is 11.8 Å². The molecule has 0 aliphatic heterocycles. The summed E-state index contributed by atoms with van der Waals surface area (Å²) in [6.45, 7) is 1.68. The molecule has 0 spiro atoms. The second-order valence-corrected chi connectivity index (χ2v) is 5.82. The van der Waals surface area contributed by atoms with E-state index in [1.807, 2.05) is 41.8 Å². The predicted molar refractivity (Wildman–Crippen MR) is 91.9 cm³/mol. The zero-order valence-electron chi connectivity index (χ0n) is 12.5. The number of ether oxygens (including phenoxy) is 1. The summed E-state index contributed by atoms with van der Waals surface area (Å²) in [5.41, 5.74) is 3.21. The molecule has 1 atom stereocenters. The minimum Gasteiger partial charge on any atom is -0.479 e. The molecule has 1 unspecified atom stereocenters. The molecule has 0 bridgehead atoms. The van der Waals surface area contributed by atoms with Crippen molar-refractivity contribution in [2.24, 2.45) is 5.10 Å². The Morgan fingerprint density at radius 2 is 2.17 bits per heavy atom. The Balaban J connectivity index is 1.65. The molecule has 23 heavy (non-hydrogen) atoms. The third-order valence-electron chi connectivity index (χ3n) is 3.18. The Hall–Kier alpha value is -2.73. The summed E-state index contributed by atoms with van der Waals surface area (Å²) in [4.78, 5) is 17.3. The standard InChI is InChI=1S/C17H15N3O2S/c1-12(17(21)20-19-11-14-7-4-10-23-14)22-15-8-2-5-13-6-3-9-18-16(13)15/h2-12H,1H3,(H,20,21)/b19-11+. The molecule has 3 aromatic rings. The number of hydrogen-bond acceptors (Lipinski definition) is 5. The van der Waals surface area contributed by atoms with Crippen LogP contribution in [-0.2, 0) is 4.79 Å². The number of carbonyl (C=O) groups is 1. The molecule has 116 valence electrons. The maximum atomic E-state index is 12.0. The van der Waals surface area contributed by atoms with E-state index in [-0.39, 0.29) is 5.91 Å². The number of para-hydroxylation sites is 1. The fourth-order valence-electron chi connectivity index (χ4n) is 2.03. The van der Waals surface area contributed by atoms with E-state index in [0.717, 1.165) is 15.8 Å². The molecule has 3 rings (SSSR count). The molecule has 2 heterocycles. The van der Waals surface area contributed by atoms with Crippen molar-refractivity contribution in [1.82, 2.24) is 10.4 Å². The van der Waals surface area contributed by atoms with Gasteiger partial charge in [-0.1, -0.05) is 24.3 Å². The largest absolute Gasteiger partial charge is 0.479 e. The average Bonchev–Trinajstić information content (AvgIpc) is 3.08. The molecule has 0 aliphatic carbocycles. The van der Waals surface area contributed by atoms with Crippen molar-refractivity contribution in [2.45, 2.75) is 13.0 Å². The van der Waals surface area contributed by atoms with Crippen LogP contribution in [0, 0.1) is 0 Å². The van der Waals surface area contributed by atoms with Crippen LogP contribution in [0.25, 0.3) is 10.9 Å². The van der Waals surface area contributed by atoms with E-state index in [4.69, 9.17) is 4.74 Å². The van der Waals surface area contributed by atoms with Gasteiger partial charge in [-0.25, -0.2) is 5.43 Å². The van der Waals surface area contributed by atoms with Crippen LogP contribution in [0.4, 0.5) is 0 Å². The lowest BCUT2D eigenvalue weighted by atomic mass is 10.2. The first-order valence-electron chi connectivity index (χ1n) is 7.11. The Morgan fingerprint density at radius 1 is 1.30 bits per heavy atom. The monoisotopic (exact) mass is 325 g/mol. The average molecular weight is 325 g/mol. The highest BCUT2D eigenvalue weighted by atomic mass is 32.1. The molecule has 5 nitrogen and oxygen atoms in total. The molecular weight excluding hydrogens is 310 g/mol. The van der Waals surface area contributed by atoms with Crippen molar-refractivity contribution in [1.29, 1.82) is 0 Å². The highest BCUT2D eigenvalue weighted by molar-refractivity contribution is 7.11. The number of pyridine rings is 1. The topological polar surface area (TPSA) is 63.6 Å². The van der Waals surface area contributed by atoms with Gasteiger partial charge >= 0.3 is 0 Å². The summed E-state index contributed by atoms with van der Waals surface area (Å²) in [5, 5.41) is 6.84. The number of thiophene rings is 1. The SMILES string of the molecule is CC(Oc1cccc2cccnc12)C(=O)N/N=C/c1cccs1. The molecule has 0 aliphatic rings. The van der Waals surface area contributed by atoms with Crippen LogP contribution >= 0.6 is 11.3 Å². The van der Waals surface area contributed by atoms with Crippen molar-refractivity contribution in [3.05, 3.63) is 58.9 Å². The van der Waals surface area contributed by atoms with Gasteiger partial charge in [0, 0.05) is 16.5 Å². The lowest BCUT2D eigenvalue weighted by Crippen LogP contribution is -2.33. The van der Waals surface area contributed by atoms with Crippen LogP contribution in [-0.4, -0.2) is 23.2 Å². The molecule has 2 aromatic heterocycles. The van der Waals surface area contributed by atoms with Gasteiger partial charge in [-0.2, -0.15) is 5.10 Å². The van der Waals surface area contributed by atoms with E-state index >= 15 is 0 Å². The first-order valence-corrected chi connectivity index (χ1v) is 7.99. The Bertz CT molecular complexity index is 825. The Kier molecular flexibility index (Phi) is 4.63. The van der Waals surface area contributed by atoms with Gasteiger partial charge in [0.2, 0.25) is 0 Å². The van der Waals surface area contributed by atoms with Crippen LogP contribution in [0.15, 0.2) is 59.1 Å². The first-order chi connectivity index (χ1) is 11.2. The second-order valence-electron chi connectivity index (χ2n) is 4.84. The normalized spacial score (nSPS) is 12.4. The third kappa shape index (κ3) is 3.73. The van der Waals surface area contributed by atoms with Gasteiger partial charge in [-0.3, -0.25) is 9.78 Å². The first kappa shape index (κ1) is 15.2. The minimum absolute atomic E-state index is 0.314. The summed E-state index contributed by atoms with van der Waals surface area (Å²) in [5.74, 6) is 0.263. The fourth-order valence-corrected chi connectivity index (χ4v) is 2.62. The highest BCUT2D eigenvalue weighted by Gasteiger charge is 2.15. The molecule has 6 heteroatoms. The van der Waals surface area contributed by atoms with E-state index in [1.165, 1.54) is 0 Å². The number of amides is 1. The molecular formula is C17H15N3O2S. The summed E-state index contributed by atoms with van der Waals surface area (Å²) in [6, 6.07) is 13.3. The van der Waals surface area contributed by atoms with Crippen molar-refractivity contribution < 1.29 is 9.53 Å². The second kappa shape index (κ2) is 7.02. The van der Waals surface area contributed by atoms with Gasteiger partial charge in [0.15, 0.2) is 6.10 Å². The molecule has 0 saturated carbocycles. The fraction of sp³-hybridized carbons (Fsp3) is 0.118. The van der Waals surface area contributed by atoms with Gasteiger partial charge in [-0.05, 0) is 30.5 Å². The molecule has 1 N–H and O–H groups in total. The number of nitrogens with zero attached hydrogens (tertiary/aromatic N) is 2. The van der Waals surface area contributed by atoms with Gasteiger partial charge in [-0.15, -0.1) is 11.3 Å². The van der Waals surface area contributed by atoms with Gasteiger partial charge < -0.3 is 4.74 Å². The zero-order valence-corrected chi connectivity index (χ0v) is 13.3. The minimum atomic E-state index is -0.678. The molecule has 0 radical (unpaired) electrons. The van der Waals surface area contributed by atoms with E-state index in [1.54, 1.807) is 36.7 Å².